The summed E-state index contributed by atoms with van der Waals surface area (Å²) in [6.45, 7) is 4.91. The van der Waals surface area contributed by atoms with E-state index >= 15 is 0 Å². The molecule has 2 N–H and O–H groups in total. The SMILES string of the molecule is Cc1ccc(C(=O)NNC(=O)C2CCN(C(=O)c3cccs3)CC2)c(C)c1. The molecular weight excluding hydrogens is 362 g/mol. The molecular formula is C20H23N3O3S. The molecule has 2 aromatic rings. The molecule has 0 atom stereocenters. The van der Waals surface area contributed by atoms with E-state index in [-0.39, 0.29) is 23.6 Å². The molecule has 0 bridgehead atoms. The number of aryl methyl sites for hydroxylation is 2. The molecule has 7 heteroatoms. The fourth-order valence-corrected chi connectivity index (χ4v) is 3.95. The molecule has 0 unspecified atom stereocenters. The molecule has 142 valence electrons. The summed E-state index contributed by atoms with van der Waals surface area (Å²) in [6.07, 6.45) is 1.17. The second-order valence-corrected chi connectivity index (χ2v) is 7.75. The van der Waals surface area contributed by atoms with Crippen LogP contribution in [0.1, 0.15) is 44.0 Å². The summed E-state index contributed by atoms with van der Waals surface area (Å²) in [5.74, 6) is -0.730. The summed E-state index contributed by atoms with van der Waals surface area (Å²) >= 11 is 1.42. The van der Waals surface area contributed by atoms with Gasteiger partial charge < -0.3 is 4.90 Å². The highest BCUT2D eigenvalue weighted by molar-refractivity contribution is 7.12. The van der Waals surface area contributed by atoms with E-state index in [0.717, 1.165) is 16.0 Å². The van der Waals surface area contributed by atoms with Gasteiger partial charge in [-0.05, 0) is 49.8 Å². The second kappa shape index (κ2) is 8.35. The Morgan fingerprint density at radius 3 is 2.44 bits per heavy atom. The zero-order chi connectivity index (χ0) is 19.4. The van der Waals surface area contributed by atoms with Crippen molar-refractivity contribution in [1.29, 1.82) is 0 Å². The van der Waals surface area contributed by atoms with Crippen LogP contribution < -0.4 is 10.9 Å². The zero-order valence-corrected chi connectivity index (χ0v) is 16.3. The number of hydrogen-bond acceptors (Lipinski definition) is 4. The first-order chi connectivity index (χ1) is 13.0. The minimum absolute atomic E-state index is 0.0204. The van der Waals surface area contributed by atoms with Crippen molar-refractivity contribution in [3.63, 3.8) is 0 Å². The number of carbonyl (C=O) groups excluding carboxylic acids is 3. The number of carbonyl (C=O) groups is 3. The van der Waals surface area contributed by atoms with E-state index in [0.29, 0.717) is 31.5 Å². The van der Waals surface area contributed by atoms with Crippen molar-refractivity contribution in [2.24, 2.45) is 5.92 Å². The molecule has 0 saturated carbocycles. The van der Waals surface area contributed by atoms with Gasteiger partial charge >= 0.3 is 0 Å². The van der Waals surface area contributed by atoms with E-state index in [2.05, 4.69) is 10.9 Å². The number of benzene rings is 1. The van der Waals surface area contributed by atoms with Gasteiger partial charge in [-0.25, -0.2) is 0 Å². The molecule has 0 spiro atoms. The zero-order valence-electron chi connectivity index (χ0n) is 15.5. The van der Waals surface area contributed by atoms with Crippen molar-refractivity contribution in [2.45, 2.75) is 26.7 Å². The van der Waals surface area contributed by atoms with Crippen molar-refractivity contribution in [3.05, 3.63) is 57.3 Å². The van der Waals surface area contributed by atoms with Crippen molar-refractivity contribution < 1.29 is 14.4 Å². The third kappa shape index (κ3) is 4.54. The first-order valence-corrected chi connectivity index (χ1v) is 9.84. The van der Waals surface area contributed by atoms with Crippen LogP contribution in [0.5, 0.6) is 0 Å². The van der Waals surface area contributed by atoms with Crippen LogP contribution in [0.4, 0.5) is 0 Å². The van der Waals surface area contributed by atoms with Crippen LogP contribution in [-0.4, -0.2) is 35.7 Å². The number of thiophene rings is 1. The highest BCUT2D eigenvalue weighted by atomic mass is 32.1. The van der Waals surface area contributed by atoms with E-state index < -0.39 is 0 Å². The van der Waals surface area contributed by atoms with Gasteiger partial charge in [0.05, 0.1) is 4.88 Å². The van der Waals surface area contributed by atoms with Crippen molar-refractivity contribution in [3.8, 4) is 0 Å². The summed E-state index contributed by atoms with van der Waals surface area (Å²) in [5, 5.41) is 1.88. The Hall–Kier alpha value is -2.67. The first kappa shape index (κ1) is 19.1. The average molecular weight is 385 g/mol. The molecule has 1 aromatic carbocycles. The van der Waals surface area contributed by atoms with Gasteiger partial charge in [-0.3, -0.25) is 25.2 Å². The highest BCUT2D eigenvalue weighted by Crippen LogP contribution is 2.20. The number of nitrogens with one attached hydrogen (secondary N) is 2. The Kier molecular flexibility index (Phi) is 5.91. The summed E-state index contributed by atoms with van der Waals surface area (Å²) in [5.41, 5.74) is 7.50. The molecule has 3 rings (SSSR count). The van der Waals surface area contributed by atoms with Crippen LogP contribution in [0.25, 0.3) is 0 Å². The predicted octanol–water partition coefficient (Wildman–Crippen LogP) is 2.68. The van der Waals surface area contributed by atoms with Crippen LogP contribution in [0.3, 0.4) is 0 Å². The third-order valence-corrected chi connectivity index (χ3v) is 5.67. The maximum absolute atomic E-state index is 12.4. The number of piperidine rings is 1. The van der Waals surface area contributed by atoms with Crippen LogP contribution in [0.2, 0.25) is 0 Å². The van der Waals surface area contributed by atoms with Gasteiger partial charge in [-0.2, -0.15) is 0 Å². The molecule has 1 aliphatic heterocycles. The topological polar surface area (TPSA) is 78.5 Å². The number of likely N-dealkylation sites (tertiary alicyclic amines) is 1. The number of rotatable bonds is 3. The monoisotopic (exact) mass is 385 g/mol. The van der Waals surface area contributed by atoms with E-state index in [1.165, 1.54) is 11.3 Å². The summed E-state index contributed by atoms with van der Waals surface area (Å²) in [7, 11) is 0. The van der Waals surface area contributed by atoms with E-state index in [4.69, 9.17) is 0 Å². The van der Waals surface area contributed by atoms with Gasteiger partial charge in [0.1, 0.15) is 0 Å². The van der Waals surface area contributed by atoms with Gasteiger partial charge in [-0.1, -0.05) is 23.8 Å². The molecule has 3 amide bonds. The molecule has 0 radical (unpaired) electrons. The van der Waals surface area contributed by atoms with Gasteiger partial charge in [0.25, 0.3) is 11.8 Å². The van der Waals surface area contributed by atoms with Gasteiger partial charge in [0, 0.05) is 24.6 Å². The fourth-order valence-electron chi connectivity index (χ4n) is 3.26. The quantitative estimate of drug-likeness (QED) is 0.798. The summed E-state index contributed by atoms with van der Waals surface area (Å²) in [4.78, 5) is 39.5. The lowest BCUT2D eigenvalue weighted by Crippen LogP contribution is -2.48. The fraction of sp³-hybridized carbons (Fsp3) is 0.350. The lowest BCUT2D eigenvalue weighted by Gasteiger charge is -2.31. The summed E-state index contributed by atoms with van der Waals surface area (Å²) < 4.78 is 0. The van der Waals surface area contributed by atoms with Crippen LogP contribution in [-0.2, 0) is 4.79 Å². The van der Waals surface area contributed by atoms with E-state index in [9.17, 15) is 14.4 Å². The molecule has 0 aliphatic carbocycles. The predicted molar refractivity (Wildman–Crippen MR) is 104 cm³/mol. The molecule has 1 fully saturated rings. The standard InChI is InChI=1S/C20H23N3O3S/c1-13-5-6-16(14(2)12-13)19(25)22-21-18(24)15-7-9-23(10-8-15)20(26)17-4-3-11-27-17/h3-6,11-12,15H,7-10H2,1-2H3,(H,21,24)(H,22,25). The third-order valence-electron chi connectivity index (χ3n) is 4.81. The van der Waals surface area contributed by atoms with Gasteiger partial charge in [-0.15, -0.1) is 11.3 Å². The van der Waals surface area contributed by atoms with Crippen LogP contribution in [0.15, 0.2) is 35.7 Å². The largest absolute Gasteiger partial charge is 0.338 e. The normalized spacial score (nSPS) is 14.7. The molecule has 1 saturated heterocycles. The minimum atomic E-state index is -0.328. The number of hydrogen-bond donors (Lipinski definition) is 2. The van der Waals surface area contributed by atoms with Crippen molar-refractivity contribution in [1.82, 2.24) is 15.8 Å². The molecule has 2 heterocycles. The number of amides is 3. The van der Waals surface area contributed by atoms with Crippen molar-refractivity contribution in [2.75, 3.05) is 13.1 Å². The molecule has 1 aromatic heterocycles. The van der Waals surface area contributed by atoms with Gasteiger partial charge in [0.2, 0.25) is 5.91 Å². The second-order valence-electron chi connectivity index (χ2n) is 6.81. The van der Waals surface area contributed by atoms with E-state index in [1.807, 2.05) is 43.5 Å². The van der Waals surface area contributed by atoms with Crippen LogP contribution >= 0.6 is 11.3 Å². The van der Waals surface area contributed by atoms with Gasteiger partial charge in [0.15, 0.2) is 0 Å². The Bertz CT molecular complexity index is 840. The highest BCUT2D eigenvalue weighted by Gasteiger charge is 2.28. The lowest BCUT2D eigenvalue weighted by molar-refractivity contribution is -0.127. The van der Waals surface area contributed by atoms with E-state index in [1.54, 1.807) is 11.0 Å². The Morgan fingerprint density at radius 2 is 1.81 bits per heavy atom. The average Bonchev–Trinajstić information content (AvgIpc) is 3.20. The summed E-state index contributed by atoms with van der Waals surface area (Å²) in [6, 6.07) is 9.22. The Balaban J connectivity index is 1.48. The smallest absolute Gasteiger partial charge is 0.269 e. The Morgan fingerprint density at radius 1 is 1.07 bits per heavy atom. The van der Waals surface area contributed by atoms with Crippen molar-refractivity contribution >= 4 is 29.1 Å². The lowest BCUT2D eigenvalue weighted by atomic mass is 9.96. The molecule has 6 nitrogen and oxygen atoms in total. The maximum Gasteiger partial charge on any atom is 0.269 e. The number of hydrazine groups is 1. The molecule has 27 heavy (non-hydrogen) atoms. The minimum Gasteiger partial charge on any atom is -0.338 e. The maximum atomic E-state index is 12.4. The van der Waals surface area contributed by atoms with Crippen LogP contribution in [0, 0.1) is 19.8 Å². The number of nitrogens with zero attached hydrogens (tertiary/aromatic N) is 1. The Labute approximate surface area is 162 Å². The molecule has 1 aliphatic rings. The first-order valence-electron chi connectivity index (χ1n) is 8.96.